The van der Waals surface area contributed by atoms with Gasteiger partial charge in [0.25, 0.3) is 5.56 Å². The van der Waals surface area contributed by atoms with Crippen molar-refractivity contribution in [3.8, 4) is 11.4 Å². The minimum absolute atomic E-state index is 0.0126. The van der Waals surface area contributed by atoms with Crippen LogP contribution in [0.4, 0.5) is 0 Å². The molecule has 150 valence electrons. The van der Waals surface area contributed by atoms with Crippen molar-refractivity contribution in [2.75, 3.05) is 0 Å². The van der Waals surface area contributed by atoms with Crippen LogP contribution in [0.15, 0.2) is 76.7 Å². The van der Waals surface area contributed by atoms with Gasteiger partial charge in [-0.2, -0.15) is 4.98 Å². The average Bonchev–Trinajstić information content (AvgIpc) is 2.78. The zero-order valence-electron chi connectivity index (χ0n) is 16.5. The number of Topliss-reactive ketones (excluding diaryl/α,β-unsaturated/α-hetero) is 1. The van der Waals surface area contributed by atoms with Crippen LogP contribution < -0.4 is 11.2 Å². The second-order valence-electron chi connectivity index (χ2n) is 6.99. The quantitative estimate of drug-likeness (QED) is 0.464. The minimum atomic E-state index is -0.656. The lowest BCUT2D eigenvalue weighted by molar-refractivity contribution is 0.0972. The van der Waals surface area contributed by atoms with Crippen molar-refractivity contribution in [2.24, 2.45) is 0 Å². The monoisotopic (exact) mass is 400 g/mol. The second kappa shape index (κ2) is 8.24. The molecular weight excluding hydrogens is 380 g/mol. The highest BCUT2D eigenvalue weighted by atomic mass is 16.2. The van der Waals surface area contributed by atoms with Crippen LogP contribution in [0.3, 0.4) is 0 Å². The molecule has 0 bridgehead atoms. The van der Waals surface area contributed by atoms with E-state index >= 15 is 0 Å². The number of pyridine rings is 2. The Labute approximate surface area is 172 Å². The van der Waals surface area contributed by atoms with Gasteiger partial charge in [0.15, 0.2) is 11.6 Å². The van der Waals surface area contributed by atoms with E-state index in [0.717, 1.165) is 22.1 Å². The molecule has 0 spiro atoms. The minimum Gasteiger partial charge on any atom is -0.324 e. The van der Waals surface area contributed by atoms with Gasteiger partial charge in [-0.15, -0.1) is 0 Å². The first kappa shape index (κ1) is 19.4. The number of hydrogen-bond donors (Lipinski definition) is 0. The van der Waals surface area contributed by atoms with Crippen LogP contribution >= 0.6 is 0 Å². The standard InChI is InChI=1S/C23H20N4O3/c1-2-16-7-9-18(10-8-16)20(28)15-26-12-4-6-19-21(26)25-23(30)27(22(19)29)14-17-5-3-11-24-13-17/h3-13H,2,14-15H2,1H3. The molecule has 0 unspecified atom stereocenters. The Morgan fingerprint density at radius 1 is 1.00 bits per heavy atom. The van der Waals surface area contributed by atoms with Gasteiger partial charge in [-0.05, 0) is 35.7 Å². The molecule has 0 fully saturated rings. The third-order valence-corrected chi connectivity index (χ3v) is 5.01. The van der Waals surface area contributed by atoms with E-state index in [4.69, 9.17) is 0 Å². The van der Waals surface area contributed by atoms with Crippen LogP contribution in [0.25, 0.3) is 11.4 Å². The molecular formula is C23H20N4O3. The van der Waals surface area contributed by atoms with E-state index in [1.165, 1.54) is 0 Å². The highest BCUT2D eigenvalue weighted by molar-refractivity contribution is 5.96. The number of rotatable bonds is 6. The molecule has 7 heteroatoms. The van der Waals surface area contributed by atoms with Crippen molar-refractivity contribution >= 4 is 5.78 Å². The number of carbonyl (C=O) groups is 1. The van der Waals surface area contributed by atoms with E-state index in [-0.39, 0.29) is 30.3 Å². The van der Waals surface area contributed by atoms with Gasteiger partial charge < -0.3 is 4.57 Å². The summed E-state index contributed by atoms with van der Waals surface area (Å²) in [7, 11) is 0. The van der Waals surface area contributed by atoms with Crippen LogP contribution in [-0.4, -0.2) is 24.9 Å². The first-order chi connectivity index (χ1) is 14.6. The SMILES string of the molecule is CCc1ccc(C(=O)Cn2cccc3c(=O)n(Cc4cccnc4)c(=O)nc2-3)cc1. The zero-order chi connectivity index (χ0) is 21.1. The number of fused-ring (bicyclic) bond motifs is 1. The third kappa shape index (κ3) is 3.82. The van der Waals surface area contributed by atoms with Gasteiger partial charge in [0.2, 0.25) is 0 Å². The van der Waals surface area contributed by atoms with E-state index in [0.29, 0.717) is 5.56 Å². The fourth-order valence-corrected chi connectivity index (χ4v) is 3.33. The first-order valence-corrected chi connectivity index (χ1v) is 9.68. The van der Waals surface area contributed by atoms with Crippen molar-refractivity contribution in [1.82, 2.24) is 19.1 Å². The van der Waals surface area contributed by atoms with E-state index in [1.807, 2.05) is 12.1 Å². The van der Waals surface area contributed by atoms with Crippen molar-refractivity contribution in [2.45, 2.75) is 26.4 Å². The van der Waals surface area contributed by atoms with Crippen LogP contribution in [0, 0.1) is 0 Å². The molecule has 0 saturated carbocycles. The normalized spacial score (nSPS) is 11.0. The van der Waals surface area contributed by atoms with Gasteiger partial charge in [0.05, 0.1) is 18.7 Å². The molecule has 0 N–H and O–H groups in total. The Hall–Kier alpha value is -3.87. The van der Waals surface area contributed by atoms with Gasteiger partial charge in [0.1, 0.15) is 0 Å². The van der Waals surface area contributed by atoms with Crippen molar-refractivity contribution in [3.63, 3.8) is 0 Å². The molecule has 0 atom stereocenters. The predicted octanol–water partition coefficient (Wildman–Crippen LogP) is 2.40. The third-order valence-electron chi connectivity index (χ3n) is 5.01. The lowest BCUT2D eigenvalue weighted by Crippen LogP contribution is -2.38. The molecule has 7 nitrogen and oxygen atoms in total. The summed E-state index contributed by atoms with van der Waals surface area (Å²) < 4.78 is 2.62. The summed E-state index contributed by atoms with van der Waals surface area (Å²) in [5.74, 6) is 0.0809. The molecule has 2 aliphatic rings. The number of aromatic nitrogens is 4. The lowest BCUT2D eigenvalue weighted by atomic mass is 10.1. The lowest BCUT2D eigenvalue weighted by Gasteiger charge is -2.15. The summed E-state index contributed by atoms with van der Waals surface area (Å²) >= 11 is 0. The Balaban J connectivity index is 1.69. The fraction of sp³-hybridized carbons (Fsp3) is 0.174. The highest BCUT2D eigenvalue weighted by Gasteiger charge is 2.18. The smallest absolute Gasteiger partial charge is 0.324 e. The summed E-state index contributed by atoms with van der Waals surface area (Å²) in [6.45, 7) is 2.13. The van der Waals surface area contributed by atoms with Crippen molar-refractivity contribution in [1.29, 1.82) is 0 Å². The maximum absolute atomic E-state index is 12.9. The van der Waals surface area contributed by atoms with Crippen LogP contribution in [0.1, 0.15) is 28.4 Å². The predicted molar refractivity (Wildman–Crippen MR) is 113 cm³/mol. The van der Waals surface area contributed by atoms with Crippen molar-refractivity contribution in [3.05, 3.63) is 105 Å². The Morgan fingerprint density at radius 3 is 2.50 bits per heavy atom. The zero-order valence-corrected chi connectivity index (χ0v) is 16.5. The summed E-state index contributed by atoms with van der Waals surface area (Å²) in [5.41, 5.74) is 1.64. The van der Waals surface area contributed by atoms with Gasteiger partial charge in [-0.3, -0.25) is 19.1 Å². The highest BCUT2D eigenvalue weighted by Crippen LogP contribution is 2.15. The van der Waals surface area contributed by atoms with Gasteiger partial charge >= 0.3 is 5.69 Å². The molecule has 2 aliphatic heterocycles. The fourth-order valence-electron chi connectivity index (χ4n) is 3.33. The summed E-state index contributed by atoms with van der Waals surface area (Å²) in [4.78, 5) is 46.3. The molecule has 1 aromatic heterocycles. The van der Waals surface area contributed by atoms with E-state index in [9.17, 15) is 14.4 Å². The maximum atomic E-state index is 12.9. The van der Waals surface area contributed by atoms with Crippen molar-refractivity contribution < 1.29 is 4.79 Å². The number of aryl methyl sites for hydroxylation is 1. The number of nitrogens with zero attached hydrogens (tertiary/aromatic N) is 4. The molecule has 0 saturated heterocycles. The molecule has 0 aliphatic carbocycles. The molecule has 0 radical (unpaired) electrons. The number of carbonyl (C=O) groups excluding carboxylic acids is 1. The van der Waals surface area contributed by atoms with Crippen LogP contribution in [-0.2, 0) is 19.5 Å². The molecule has 30 heavy (non-hydrogen) atoms. The Morgan fingerprint density at radius 2 is 1.80 bits per heavy atom. The molecule has 0 amide bonds. The second-order valence-corrected chi connectivity index (χ2v) is 6.99. The topological polar surface area (TPSA) is 86.9 Å². The number of benzene rings is 1. The summed E-state index contributed by atoms with van der Waals surface area (Å²) in [5, 5.41) is 0. The maximum Gasteiger partial charge on any atom is 0.352 e. The summed E-state index contributed by atoms with van der Waals surface area (Å²) in [6.07, 6.45) is 5.77. The van der Waals surface area contributed by atoms with E-state index < -0.39 is 11.2 Å². The van der Waals surface area contributed by atoms with Crippen LogP contribution in [0.5, 0.6) is 0 Å². The molecule has 2 aromatic rings. The first-order valence-electron chi connectivity index (χ1n) is 9.68. The molecule has 1 aromatic carbocycles. The van der Waals surface area contributed by atoms with E-state index in [1.54, 1.807) is 59.6 Å². The van der Waals surface area contributed by atoms with Crippen LogP contribution in [0.2, 0.25) is 0 Å². The summed E-state index contributed by atoms with van der Waals surface area (Å²) in [6, 6.07) is 14.2. The van der Waals surface area contributed by atoms with Gasteiger partial charge in [0, 0.05) is 24.2 Å². The molecule has 4 rings (SSSR count). The Kier molecular flexibility index (Phi) is 5.34. The molecule has 3 heterocycles. The average molecular weight is 400 g/mol. The Bertz CT molecular complexity index is 1270. The number of ketones is 1. The largest absolute Gasteiger partial charge is 0.352 e. The number of hydrogen-bond acceptors (Lipinski definition) is 5. The van der Waals surface area contributed by atoms with Gasteiger partial charge in [-0.1, -0.05) is 37.3 Å². The van der Waals surface area contributed by atoms with E-state index in [2.05, 4.69) is 16.9 Å². The van der Waals surface area contributed by atoms with Gasteiger partial charge in [-0.25, -0.2) is 4.79 Å².